The van der Waals surface area contributed by atoms with Crippen molar-refractivity contribution < 1.29 is 9.59 Å². The molecule has 106 valence electrons. The smallest absolute Gasteiger partial charge is 0.239 e. The highest BCUT2D eigenvalue weighted by Gasteiger charge is 2.26. The average molecular weight is 278 g/mol. The number of halogens is 1. The van der Waals surface area contributed by atoms with Gasteiger partial charge in [0.1, 0.15) is 0 Å². The fourth-order valence-corrected chi connectivity index (χ4v) is 1.89. The Hall–Kier alpha value is -0.810. The van der Waals surface area contributed by atoms with E-state index >= 15 is 0 Å². The third kappa shape index (κ3) is 5.23. The Morgan fingerprint density at radius 3 is 2.33 bits per heavy atom. The topological polar surface area (TPSA) is 84.2 Å². The molecule has 1 aliphatic rings. The van der Waals surface area contributed by atoms with Crippen molar-refractivity contribution >= 4 is 24.2 Å². The van der Waals surface area contributed by atoms with Crippen molar-refractivity contribution in [2.45, 2.75) is 45.7 Å². The van der Waals surface area contributed by atoms with E-state index in [2.05, 4.69) is 17.6 Å². The average Bonchev–Trinajstić information content (AvgIpc) is 2.22. The maximum Gasteiger partial charge on any atom is 0.239 e. The van der Waals surface area contributed by atoms with Gasteiger partial charge in [0.2, 0.25) is 11.8 Å². The van der Waals surface area contributed by atoms with Crippen molar-refractivity contribution in [3.63, 3.8) is 0 Å². The molecule has 0 radical (unpaired) electrons. The predicted molar refractivity (Wildman–Crippen MR) is 73.4 cm³/mol. The first-order valence-corrected chi connectivity index (χ1v) is 6.22. The van der Waals surface area contributed by atoms with Crippen LogP contribution < -0.4 is 16.4 Å². The van der Waals surface area contributed by atoms with Crippen LogP contribution >= 0.6 is 12.4 Å². The van der Waals surface area contributed by atoms with E-state index in [-0.39, 0.29) is 42.7 Å². The van der Waals surface area contributed by atoms with Crippen LogP contribution in [0.2, 0.25) is 0 Å². The second kappa shape index (κ2) is 7.59. The number of carbonyl (C=O) groups excluding carboxylic acids is 2. The van der Waals surface area contributed by atoms with Crippen LogP contribution in [-0.4, -0.2) is 30.4 Å². The van der Waals surface area contributed by atoms with Gasteiger partial charge in [-0.05, 0) is 24.7 Å². The Kier molecular flexibility index (Phi) is 7.25. The molecule has 18 heavy (non-hydrogen) atoms. The molecule has 0 spiro atoms. The number of hydrogen-bond acceptors (Lipinski definition) is 3. The first kappa shape index (κ1) is 17.2. The van der Waals surface area contributed by atoms with E-state index in [1.54, 1.807) is 0 Å². The minimum Gasteiger partial charge on any atom is -0.352 e. The fraction of sp³-hybridized carbons (Fsp3) is 0.833. The molecule has 0 aliphatic heterocycles. The second-order valence-corrected chi connectivity index (χ2v) is 5.33. The Bertz CT molecular complexity index is 291. The summed E-state index contributed by atoms with van der Waals surface area (Å²) in [6.45, 7) is 5.93. The number of rotatable bonds is 5. The highest BCUT2D eigenvalue weighted by molar-refractivity contribution is 5.87. The molecule has 1 fully saturated rings. The van der Waals surface area contributed by atoms with E-state index in [4.69, 9.17) is 5.73 Å². The third-order valence-electron chi connectivity index (χ3n) is 3.18. The van der Waals surface area contributed by atoms with Crippen molar-refractivity contribution in [2.24, 2.45) is 17.6 Å². The van der Waals surface area contributed by atoms with Crippen LogP contribution in [0.1, 0.15) is 33.6 Å². The largest absolute Gasteiger partial charge is 0.352 e. The van der Waals surface area contributed by atoms with E-state index in [0.29, 0.717) is 5.92 Å². The van der Waals surface area contributed by atoms with Gasteiger partial charge in [-0.15, -0.1) is 12.4 Å². The Labute approximate surface area is 115 Å². The van der Waals surface area contributed by atoms with E-state index in [1.165, 1.54) is 0 Å². The molecule has 0 saturated heterocycles. The molecule has 1 aliphatic carbocycles. The van der Waals surface area contributed by atoms with Gasteiger partial charge in [0.15, 0.2) is 0 Å². The summed E-state index contributed by atoms with van der Waals surface area (Å²) < 4.78 is 0. The van der Waals surface area contributed by atoms with Crippen LogP contribution in [0, 0.1) is 11.8 Å². The minimum atomic E-state index is -0.550. The zero-order chi connectivity index (χ0) is 13.0. The SMILES string of the molecule is CC1CC(NC(=O)CNC(=O)[C@@H](N)C(C)C)C1.Cl. The first-order chi connectivity index (χ1) is 7.90. The number of carbonyl (C=O) groups is 2. The molecule has 1 rings (SSSR count). The van der Waals surface area contributed by atoms with Crippen molar-refractivity contribution in [1.82, 2.24) is 10.6 Å². The summed E-state index contributed by atoms with van der Waals surface area (Å²) in [4.78, 5) is 23.0. The number of nitrogens with two attached hydrogens (primary N) is 1. The molecule has 4 N–H and O–H groups in total. The summed E-state index contributed by atoms with van der Waals surface area (Å²) in [7, 11) is 0. The van der Waals surface area contributed by atoms with Crippen molar-refractivity contribution in [3.05, 3.63) is 0 Å². The summed E-state index contributed by atoms with van der Waals surface area (Å²) in [5.41, 5.74) is 5.66. The van der Waals surface area contributed by atoms with Crippen molar-refractivity contribution in [3.8, 4) is 0 Å². The molecule has 1 atom stereocenters. The van der Waals surface area contributed by atoms with E-state index in [1.807, 2.05) is 13.8 Å². The fourth-order valence-electron chi connectivity index (χ4n) is 1.89. The summed E-state index contributed by atoms with van der Waals surface area (Å²) in [5, 5.41) is 5.43. The summed E-state index contributed by atoms with van der Waals surface area (Å²) in [6, 6.07) is -0.264. The predicted octanol–water partition coefficient (Wildman–Crippen LogP) is 0.422. The van der Waals surface area contributed by atoms with E-state index in [0.717, 1.165) is 12.8 Å². The van der Waals surface area contributed by atoms with Gasteiger partial charge in [-0.2, -0.15) is 0 Å². The minimum absolute atomic E-state index is 0. The molecule has 0 aromatic carbocycles. The van der Waals surface area contributed by atoms with Crippen LogP contribution in [0.15, 0.2) is 0 Å². The van der Waals surface area contributed by atoms with Gasteiger partial charge in [0.05, 0.1) is 12.6 Å². The van der Waals surface area contributed by atoms with Crippen LogP contribution in [0.25, 0.3) is 0 Å². The molecule has 0 aromatic rings. The Morgan fingerprint density at radius 1 is 1.33 bits per heavy atom. The molecule has 0 heterocycles. The zero-order valence-corrected chi connectivity index (χ0v) is 12.0. The molecule has 5 nitrogen and oxygen atoms in total. The lowest BCUT2D eigenvalue weighted by Gasteiger charge is -2.33. The van der Waals surface area contributed by atoms with Gasteiger partial charge in [0, 0.05) is 6.04 Å². The van der Waals surface area contributed by atoms with Crippen molar-refractivity contribution in [2.75, 3.05) is 6.54 Å². The Morgan fingerprint density at radius 2 is 1.89 bits per heavy atom. The van der Waals surface area contributed by atoms with Gasteiger partial charge in [0.25, 0.3) is 0 Å². The van der Waals surface area contributed by atoms with Gasteiger partial charge in [-0.25, -0.2) is 0 Å². The summed E-state index contributed by atoms with van der Waals surface area (Å²) >= 11 is 0. The van der Waals surface area contributed by atoms with Crippen LogP contribution in [-0.2, 0) is 9.59 Å². The van der Waals surface area contributed by atoms with Gasteiger partial charge in [-0.1, -0.05) is 20.8 Å². The highest BCUT2D eigenvalue weighted by atomic mass is 35.5. The van der Waals surface area contributed by atoms with Gasteiger partial charge < -0.3 is 16.4 Å². The molecular formula is C12H24ClN3O2. The highest BCUT2D eigenvalue weighted by Crippen LogP contribution is 2.25. The monoisotopic (exact) mass is 277 g/mol. The lowest BCUT2D eigenvalue weighted by molar-refractivity contribution is -0.128. The maximum atomic E-state index is 11.5. The molecule has 0 unspecified atom stereocenters. The lowest BCUT2D eigenvalue weighted by Crippen LogP contribution is -2.50. The molecule has 0 aromatic heterocycles. The lowest BCUT2D eigenvalue weighted by atomic mass is 9.82. The third-order valence-corrected chi connectivity index (χ3v) is 3.18. The summed E-state index contributed by atoms with van der Waals surface area (Å²) in [6.07, 6.45) is 2.07. The second-order valence-electron chi connectivity index (χ2n) is 5.33. The summed E-state index contributed by atoms with van der Waals surface area (Å²) in [5.74, 6) is 0.373. The number of nitrogens with one attached hydrogen (secondary N) is 2. The van der Waals surface area contributed by atoms with Gasteiger partial charge in [-0.3, -0.25) is 9.59 Å². The van der Waals surface area contributed by atoms with E-state index < -0.39 is 6.04 Å². The molecule has 0 bridgehead atoms. The number of hydrogen-bond donors (Lipinski definition) is 3. The zero-order valence-electron chi connectivity index (χ0n) is 11.2. The van der Waals surface area contributed by atoms with Gasteiger partial charge >= 0.3 is 0 Å². The van der Waals surface area contributed by atoms with Crippen molar-refractivity contribution in [1.29, 1.82) is 0 Å². The maximum absolute atomic E-state index is 11.5. The Balaban J connectivity index is 0.00000289. The standard InChI is InChI=1S/C12H23N3O2.ClH/c1-7(2)11(13)12(17)14-6-10(16)15-9-4-8(3)5-9;/h7-9,11H,4-6,13H2,1-3H3,(H,14,17)(H,15,16);1H/t8?,9?,11-;/m0./s1. The van der Waals surface area contributed by atoms with Crippen LogP contribution in [0.3, 0.4) is 0 Å². The quantitative estimate of drug-likeness (QED) is 0.681. The molecule has 1 saturated carbocycles. The van der Waals surface area contributed by atoms with Crippen LogP contribution in [0.4, 0.5) is 0 Å². The number of amides is 2. The normalized spacial score (nSPS) is 23.6. The molecule has 6 heteroatoms. The molecular weight excluding hydrogens is 254 g/mol. The first-order valence-electron chi connectivity index (χ1n) is 6.22. The van der Waals surface area contributed by atoms with E-state index in [9.17, 15) is 9.59 Å². The van der Waals surface area contributed by atoms with Crippen LogP contribution in [0.5, 0.6) is 0 Å². The molecule has 2 amide bonds.